The molecular formula is C11H12N4. The molecule has 0 atom stereocenters. The molecule has 0 saturated carbocycles. The number of nitrogens with zero attached hydrogens (tertiary/aromatic N) is 4. The van der Waals surface area contributed by atoms with E-state index in [1.54, 1.807) is 6.20 Å². The van der Waals surface area contributed by atoms with Gasteiger partial charge in [0.2, 0.25) is 0 Å². The standard InChI is InChI=1S/C11H12N4/c1-2-7-14(8-3-1)11-5-4-10-12-6-9-15(10)13-11/h1-2,4-6,9H,3,7-8H2. The summed E-state index contributed by atoms with van der Waals surface area (Å²) in [4.78, 5) is 6.44. The van der Waals surface area contributed by atoms with Crippen molar-refractivity contribution in [2.75, 3.05) is 18.0 Å². The largest absolute Gasteiger partial charge is 0.351 e. The molecule has 0 fully saturated rings. The lowest BCUT2D eigenvalue weighted by Gasteiger charge is -2.23. The third kappa shape index (κ3) is 1.48. The third-order valence-electron chi connectivity index (χ3n) is 2.62. The summed E-state index contributed by atoms with van der Waals surface area (Å²) < 4.78 is 1.81. The summed E-state index contributed by atoms with van der Waals surface area (Å²) in [6.45, 7) is 2.00. The summed E-state index contributed by atoms with van der Waals surface area (Å²) in [7, 11) is 0. The van der Waals surface area contributed by atoms with Crippen LogP contribution in [0.3, 0.4) is 0 Å². The number of hydrogen-bond acceptors (Lipinski definition) is 3. The van der Waals surface area contributed by atoms with Crippen LogP contribution in [0.1, 0.15) is 6.42 Å². The highest BCUT2D eigenvalue weighted by Crippen LogP contribution is 2.14. The SMILES string of the molecule is C1=CCN(c2ccc3nccn3n2)CC1. The molecule has 15 heavy (non-hydrogen) atoms. The fourth-order valence-electron chi connectivity index (χ4n) is 1.82. The lowest BCUT2D eigenvalue weighted by atomic mass is 10.2. The summed E-state index contributed by atoms with van der Waals surface area (Å²) in [5, 5.41) is 4.51. The molecule has 0 unspecified atom stereocenters. The average Bonchev–Trinajstić information content (AvgIpc) is 2.77. The molecule has 0 aliphatic carbocycles. The van der Waals surface area contributed by atoms with Crippen LogP contribution in [0.4, 0.5) is 5.82 Å². The Labute approximate surface area is 87.8 Å². The smallest absolute Gasteiger partial charge is 0.153 e. The van der Waals surface area contributed by atoms with Gasteiger partial charge < -0.3 is 4.90 Å². The van der Waals surface area contributed by atoms with Gasteiger partial charge in [-0.2, -0.15) is 0 Å². The number of fused-ring (bicyclic) bond motifs is 1. The maximum Gasteiger partial charge on any atom is 0.153 e. The molecule has 0 spiro atoms. The maximum absolute atomic E-state index is 4.51. The van der Waals surface area contributed by atoms with E-state index >= 15 is 0 Å². The Bertz CT molecular complexity index is 500. The van der Waals surface area contributed by atoms with Gasteiger partial charge in [-0.05, 0) is 18.6 Å². The first-order valence-corrected chi connectivity index (χ1v) is 5.14. The Hall–Kier alpha value is -1.84. The van der Waals surface area contributed by atoms with Gasteiger partial charge in [0.1, 0.15) is 5.82 Å². The van der Waals surface area contributed by atoms with Crippen molar-refractivity contribution in [1.82, 2.24) is 14.6 Å². The van der Waals surface area contributed by atoms with Crippen molar-refractivity contribution in [3.05, 3.63) is 36.7 Å². The van der Waals surface area contributed by atoms with E-state index in [2.05, 4.69) is 27.1 Å². The summed E-state index contributed by atoms with van der Waals surface area (Å²) in [6.07, 6.45) is 9.14. The number of hydrogen-bond donors (Lipinski definition) is 0. The second-order valence-corrected chi connectivity index (χ2v) is 3.63. The van der Waals surface area contributed by atoms with Gasteiger partial charge in [-0.1, -0.05) is 12.2 Å². The summed E-state index contributed by atoms with van der Waals surface area (Å²) in [6, 6.07) is 4.03. The van der Waals surface area contributed by atoms with Crippen LogP contribution in [-0.4, -0.2) is 27.7 Å². The lowest BCUT2D eigenvalue weighted by Crippen LogP contribution is -2.28. The fourth-order valence-corrected chi connectivity index (χ4v) is 1.82. The zero-order chi connectivity index (χ0) is 10.1. The quantitative estimate of drug-likeness (QED) is 0.654. The van der Waals surface area contributed by atoms with Gasteiger partial charge >= 0.3 is 0 Å². The predicted octanol–water partition coefficient (Wildman–Crippen LogP) is 1.50. The van der Waals surface area contributed by atoms with Crippen LogP contribution in [0.25, 0.3) is 5.65 Å². The Kier molecular flexibility index (Phi) is 1.91. The molecule has 0 aromatic carbocycles. The molecule has 2 aromatic heterocycles. The minimum absolute atomic E-state index is 0.895. The molecule has 0 N–H and O–H groups in total. The van der Waals surface area contributed by atoms with Crippen molar-refractivity contribution in [3.8, 4) is 0 Å². The minimum atomic E-state index is 0.895. The van der Waals surface area contributed by atoms with E-state index in [1.165, 1.54) is 0 Å². The van der Waals surface area contributed by atoms with Gasteiger partial charge in [0.05, 0.1) is 0 Å². The highest BCUT2D eigenvalue weighted by atomic mass is 15.3. The van der Waals surface area contributed by atoms with E-state index in [-0.39, 0.29) is 0 Å². The number of imidazole rings is 1. The Morgan fingerprint density at radius 1 is 1.20 bits per heavy atom. The summed E-state index contributed by atoms with van der Waals surface area (Å²) in [5.74, 6) is 1.02. The first-order chi connectivity index (χ1) is 7.43. The van der Waals surface area contributed by atoms with E-state index < -0.39 is 0 Å². The number of anilines is 1. The zero-order valence-corrected chi connectivity index (χ0v) is 8.37. The topological polar surface area (TPSA) is 33.4 Å². The first-order valence-electron chi connectivity index (χ1n) is 5.14. The van der Waals surface area contributed by atoms with Gasteiger partial charge in [0.25, 0.3) is 0 Å². The van der Waals surface area contributed by atoms with Crippen LogP contribution >= 0.6 is 0 Å². The summed E-state index contributed by atoms with van der Waals surface area (Å²) in [5.41, 5.74) is 0.895. The molecule has 1 aliphatic rings. The lowest BCUT2D eigenvalue weighted by molar-refractivity contribution is 0.780. The third-order valence-corrected chi connectivity index (χ3v) is 2.62. The van der Waals surface area contributed by atoms with Crippen LogP contribution in [0.5, 0.6) is 0 Å². The number of aromatic nitrogens is 3. The minimum Gasteiger partial charge on any atom is -0.351 e. The van der Waals surface area contributed by atoms with Gasteiger partial charge in [-0.15, -0.1) is 5.10 Å². The van der Waals surface area contributed by atoms with Gasteiger partial charge in [-0.25, -0.2) is 9.50 Å². The van der Waals surface area contributed by atoms with E-state index in [0.717, 1.165) is 31.0 Å². The molecule has 4 nitrogen and oxygen atoms in total. The molecule has 2 aromatic rings. The maximum atomic E-state index is 4.51. The van der Waals surface area contributed by atoms with Crippen LogP contribution in [0.15, 0.2) is 36.7 Å². The molecule has 76 valence electrons. The normalized spacial score (nSPS) is 16.1. The van der Waals surface area contributed by atoms with Crippen LogP contribution in [0, 0.1) is 0 Å². The monoisotopic (exact) mass is 200 g/mol. The highest BCUT2D eigenvalue weighted by molar-refractivity contribution is 5.46. The average molecular weight is 200 g/mol. The van der Waals surface area contributed by atoms with E-state index in [4.69, 9.17) is 0 Å². The Balaban J connectivity index is 1.99. The van der Waals surface area contributed by atoms with Crippen LogP contribution in [-0.2, 0) is 0 Å². The van der Waals surface area contributed by atoms with Crippen molar-refractivity contribution < 1.29 is 0 Å². The second-order valence-electron chi connectivity index (χ2n) is 3.63. The molecule has 0 bridgehead atoms. The molecule has 1 aliphatic heterocycles. The molecule has 0 amide bonds. The Morgan fingerprint density at radius 3 is 3.07 bits per heavy atom. The van der Waals surface area contributed by atoms with Gasteiger partial charge in [0, 0.05) is 25.5 Å². The number of rotatable bonds is 1. The van der Waals surface area contributed by atoms with Crippen molar-refractivity contribution in [2.24, 2.45) is 0 Å². The molecular weight excluding hydrogens is 188 g/mol. The van der Waals surface area contributed by atoms with Crippen LogP contribution in [0.2, 0.25) is 0 Å². The fraction of sp³-hybridized carbons (Fsp3) is 0.273. The van der Waals surface area contributed by atoms with E-state index in [1.807, 2.05) is 22.8 Å². The van der Waals surface area contributed by atoms with E-state index in [0.29, 0.717) is 0 Å². The highest BCUT2D eigenvalue weighted by Gasteiger charge is 2.09. The molecule has 3 rings (SSSR count). The van der Waals surface area contributed by atoms with Crippen molar-refractivity contribution in [2.45, 2.75) is 6.42 Å². The molecule has 0 radical (unpaired) electrons. The Morgan fingerprint density at radius 2 is 2.20 bits per heavy atom. The first kappa shape index (κ1) is 8.47. The second kappa shape index (κ2) is 3.38. The zero-order valence-electron chi connectivity index (χ0n) is 8.37. The van der Waals surface area contributed by atoms with Gasteiger partial charge in [-0.3, -0.25) is 0 Å². The molecule has 4 heteroatoms. The molecule has 0 saturated heterocycles. The summed E-state index contributed by atoms with van der Waals surface area (Å²) >= 11 is 0. The van der Waals surface area contributed by atoms with Crippen LogP contribution < -0.4 is 4.90 Å². The van der Waals surface area contributed by atoms with Gasteiger partial charge in [0.15, 0.2) is 5.65 Å². The predicted molar refractivity (Wildman–Crippen MR) is 59.0 cm³/mol. The van der Waals surface area contributed by atoms with E-state index in [9.17, 15) is 0 Å². The molecule has 3 heterocycles. The van der Waals surface area contributed by atoms with Crippen molar-refractivity contribution >= 4 is 11.5 Å². The van der Waals surface area contributed by atoms with Crippen molar-refractivity contribution in [1.29, 1.82) is 0 Å². The van der Waals surface area contributed by atoms with Crippen molar-refractivity contribution in [3.63, 3.8) is 0 Å².